The highest BCUT2D eigenvalue weighted by Crippen LogP contribution is 2.39. The van der Waals surface area contributed by atoms with Gasteiger partial charge in [-0.05, 0) is 48.6 Å². The Hall–Kier alpha value is -2.17. The number of sulfonamides is 1. The maximum absolute atomic E-state index is 12.6. The topological polar surface area (TPSA) is 85.2 Å². The fourth-order valence-corrected chi connectivity index (χ4v) is 5.18. The lowest BCUT2D eigenvalue weighted by Gasteiger charge is -2.16. The summed E-state index contributed by atoms with van der Waals surface area (Å²) in [4.78, 5) is 13.9. The van der Waals surface area contributed by atoms with Gasteiger partial charge in [0.15, 0.2) is 10.9 Å². The summed E-state index contributed by atoms with van der Waals surface area (Å²) in [6.45, 7) is 0. The minimum absolute atomic E-state index is 0.0290. The maximum atomic E-state index is 12.6. The van der Waals surface area contributed by atoms with Crippen LogP contribution in [-0.2, 0) is 16.4 Å². The summed E-state index contributed by atoms with van der Waals surface area (Å²) in [7, 11) is -1.85. The molecule has 1 saturated carbocycles. The molecule has 158 valence electrons. The Balaban J connectivity index is 1.43. The number of Topliss-reactive ketones (excluding diaryl/α,β-unsaturated/α-hetero) is 1. The zero-order chi connectivity index (χ0) is 21.3. The van der Waals surface area contributed by atoms with Crippen molar-refractivity contribution in [3.05, 3.63) is 58.0 Å². The number of thiophene rings is 1. The van der Waals surface area contributed by atoms with Gasteiger partial charge in [0.2, 0.25) is 10.0 Å². The summed E-state index contributed by atoms with van der Waals surface area (Å²) in [5.74, 6) is 1.17. The average Bonchev–Trinajstić information content (AvgIpc) is 3.27. The van der Waals surface area contributed by atoms with Crippen LogP contribution in [0.4, 0.5) is 5.69 Å². The first-order valence-electron chi connectivity index (χ1n) is 9.49. The first-order chi connectivity index (χ1) is 14.3. The first kappa shape index (κ1) is 21.1. The Morgan fingerprint density at radius 2 is 1.97 bits per heavy atom. The van der Waals surface area contributed by atoms with E-state index in [1.807, 2.05) is 6.07 Å². The molecule has 0 radical (unpaired) electrons. The monoisotopic (exact) mass is 462 g/mol. The van der Waals surface area contributed by atoms with Gasteiger partial charge < -0.3 is 4.57 Å². The number of anilines is 1. The minimum atomic E-state index is -3.33. The van der Waals surface area contributed by atoms with Crippen LogP contribution in [0.3, 0.4) is 0 Å². The van der Waals surface area contributed by atoms with Crippen LogP contribution in [0.5, 0.6) is 0 Å². The van der Waals surface area contributed by atoms with Crippen molar-refractivity contribution in [2.45, 2.75) is 30.5 Å². The van der Waals surface area contributed by atoms with Crippen LogP contribution < -0.4 is 4.31 Å². The van der Waals surface area contributed by atoms with E-state index in [2.05, 4.69) is 26.2 Å². The van der Waals surface area contributed by atoms with Crippen LogP contribution in [0.1, 0.15) is 39.9 Å². The van der Waals surface area contributed by atoms with Crippen molar-refractivity contribution >= 4 is 44.6 Å². The Morgan fingerprint density at radius 3 is 2.57 bits per heavy atom. The number of carbonyl (C=O) groups excluding carboxylic acids is 1. The molecule has 0 amide bonds. The summed E-state index contributed by atoms with van der Waals surface area (Å²) in [6.07, 6.45) is 4.13. The summed E-state index contributed by atoms with van der Waals surface area (Å²) in [5.41, 5.74) is 1.07. The number of nitrogens with zero attached hydrogens (tertiary/aromatic N) is 4. The van der Waals surface area contributed by atoms with Crippen LogP contribution in [-0.4, -0.2) is 48.0 Å². The van der Waals surface area contributed by atoms with Crippen molar-refractivity contribution < 1.29 is 13.2 Å². The first-order valence-corrected chi connectivity index (χ1v) is 13.2. The highest BCUT2D eigenvalue weighted by molar-refractivity contribution is 7.99. The molecule has 0 spiro atoms. The molecule has 1 fully saturated rings. The number of thioether (sulfide) groups is 1. The van der Waals surface area contributed by atoms with Gasteiger partial charge in [0.05, 0.1) is 17.7 Å². The normalized spacial score (nSPS) is 14.1. The van der Waals surface area contributed by atoms with Crippen molar-refractivity contribution in [1.29, 1.82) is 0 Å². The number of aromatic nitrogens is 3. The molecule has 3 aromatic rings. The molecule has 1 aliphatic carbocycles. The lowest BCUT2D eigenvalue weighted by Crippen LogP contribution is -2.24. The molecule has 2 aromatic heterocycles. The second-order valence-corrected chi connectivity index (χ2v) is 11.2. The van der Waals surface area contributed by atoms with Gasteiger partial charge in [-0.3, -0.25) is 9.10 Å². The van der Waals surface area contributed by atoms with Crippen LogP contribution >= 0.6 is 23.1 Å². The SMILES string of the molecule is CN(c1ccc(C(=O)CSc2nnc(Cc3cccs3)n2C2CC2)cc1)S(C)(=O)=O. The summed E-state index contributed by atoms with van der Waals surface area (Å²) in [5, 5.41) is 11.6. The number of hydrogen-bond donors (Lipinski definition) is 0. The zero-order valence-corrected chi connectivity index (χ0v) is 19.1. The van der Waals surface area contributed by atoms with E-state index >= 15 is 0 Å². The van der Waals surface area contributed by atoms with Gasteiger partial charge in [-0.2, -0.15) is 0 Å². The maximum Gasteiger partial charge on any atom is 0.231 e. The molecule has 0 aliphatic heterocycles. The standard InChI is InChI=1S/C20H22N4O3S3/c1-23(30(2,26)27)15-7-5-14(6-8-15)18(25)13-29-20-22-21-19(24(20)16-9-10-16)12-17-4-3-11-28-17/h3-8,11,16H,9-10,12-13H2,1-2H3. The van der Waals surface area contributed by atoms with E-state index in [-0.39, 0.29) is 11.5 Å². The number of benzene rings is 1. The molecule has 0 unspecified atom stereocenters. The van der Waals surface area contributed by atoms with Gasteiger partial charge in [0.25, 0.3) is 0 Å². The average molecular weight is 463 g/mol. The van der Waals surface area contributed by atoms with Gasteiger partial charge in [-0.15, -0.1) is 21.5 Å². The molecule has 0 saturated heterocycles. The van der Waals surface area contributed by atoms with Crippen molar-refractivity contribution in [3.63, 3.8) is 0 Å². The fraction of sp³-hybridized carbons (Fsp3) is 0.350. The van der Waals surface area contributed by atoms with Crippen molar-refractivity contribution in [1.82, 2.24) is 14.8 Å². The number of carbonyl (C=O) groups is 1. The lowest BCUT2D eigenvalue weighted by molar-refractivity contribution is 0.102. The molecule has 30 heavy (non-hydrogen) atoms. The molecule has 0 N–H and O–H groups in total. The molecule has 4 rings (SSSR count). The van der Waals surface area contributed by atoms with Gasteiger partial charge in [-0.1, -0.05) is 17.8 Å². The molecule has 1 aliphatic rings. The van der Waals surface area contributed by atoms with Crippen molar-refractivity contribution in [2.24, 2.45) is 0 Å². The smallest absolute Gasteiger partial charge is 0.231 e. The van der Waals surface area contributed by atoms with E-state index in [9.17, 15) is 13.2 Å². The van der Waals surface area contributed by atoms with Crippen LogP contribution in [0.15, 0.2) is 46.9 Å². The van der Waals surface area contributed by atoms with Crippen LogP contribution in [0.2, 0.25) is 0 Å². The van der Waals surface area contributed by atoms with Crippen LogP contribution in [0, 0.1) is 0 Å². The van der Waals surface area contributed by atoms with E-state index in [1.54, 1.807) is 35.6 Å². The third-order valence-corrected chi connectivity index (χ3v) is 7.97. The zero-order valence-electron chi connectivity index (χ0n) is 16.7. The molecule has 7 nitrogen and oxygen atoms in total. The summed E-state index contributed by atoms with van der Waals surface area (Å²) >= 11 is 3.11. The highest BCUT2D eigenvalue weighted by atomic mass is 32.2. The van der Waals surface area contributed by atoms with Gasteiger partial charge in [0, 0.05) is 30.0 Å². The van der Waals surface area contributed by atoms with E-state index in [0.717, 1.165) is 36.5 Å². The largest absolute Gasteiger partial charge is 0.303 e. The highest BCUT2D eigenvalue weighted by Gasteiger charge is 2.30. The van der Waals surface area contributed by atoms with E-state index < -0.39 is 10.0 Å². The van der Waals surface area contributed by atoms with Gasteiger partial charge in [0.1, 0.15) is 5.82 Å². The van der Waals surface area contributed by atoms with E-state index in [1.165, 1.54) is 28.0 Å². The molecular weight excluding hydrogens is 440 g/mol. The number of hydrogen-bond acceptors (Lipinski definition) is 7. The Labute approximate surface area is 184 Å². The Bertz CT molecular complexity index is 1130. The van der Waals surface area contributed by atoms with E-state index in [4.69, 9.17) is 0 Å². The van der Waals surface area contributed by atoms with Gasteiger partial charge in [-0.25, -0.2) is 8.42 Å². The molecule has 2 heterocycles. The molecular formula is C20H22N4O3S3. The number of rotatable bonds is 9. The molecule has 1 aromatic carbocycles. The Morgan fingerprint density at radius 1 is 1.23 bits per heavy atom. The molecule has 10 heteroatoms. The minimum Gasteiger partial charge on any atom is -0.303 e. The quantitative estimate of drug-likeness (QED) is 0.357. The van der Waals surface area contributed by atoms with Crippen LogP contribution in [0.25, 0.3) is 0 Å². The van der Waals surface area contributed by atoms with Crippen molar-refractivity contribution in [2.75, 3.05) is 23.4 Å². The number of ketones is 1. The summed E-state index contributed by atoms with van der Waals surface area (Å²) < 4.78 is 26.7. The second kappa shape index (κ2) is 8.52. The molecule has 0 bridgehead atoms. The van der Waals surface area contributed by atoms with E-state index in [0.29, 0.717) is 17.3 Å². The third kappa shape index (κ3) is 4.76. The second-order valence-electron chi connectivity index (χ2n) is 7.25. The Kier molecular flexibility index (Phi) is 5.99. The predicted octanol–water partition coefficient (Wildman–Crippen LogP) is 3.64. The lowest BCUT2D eigenvalue weighted by atomic mass is 10.1. The molecule has 0 atom stereocenters. The van der Waals surface area contributed by atoms with Crippen molar-refractivity contribution in [3.8, 4) is 0 Å². The van der Waals surface area contributed by atoms with Gasteiger partial charge >= 0.3 is 0 Å². The predicted molar refractivity (Wildman–Crippen MR) is 120 cm³/mol. The fourth-order valence-electron chi connectivity index (χ4n) is 3.06. The summed E-state index contributed by atoms with van der Waals surface area (Å²) in [6, 6.07) is 11.2. The third-order valence-electron chi connectivity index (χ3n) is 4.94.